The predicted octanol–water partition coefficient (Wildman–Crippen LogP) is 5.56. The van der Waals surface area contributed by atoms with E-state index < -0.39 is 15.5 Å². The van der Waals surface area contributed by atoms with Gasteiger partial charge in [-0.3, -0.25) is 9.52 Å². The molecular formula is C24H17F4N3O4S2. The molecule has 7 nitrogen and oxygen atoms in total. The molecule has 1 amide bonds. The van der Waals surface area contributed by atoms with Gasteiger partial charge in [0.2, 0.25) is 0 Å². The van der Waals surface area contributed by atoms with Crippen molar-refractivity contribution in [2.24, 2.45) is 4.99 Å². The Balaban J connectivity index is 1.37. The molecule has 13 heteroatoms. The molecule has 192 valence electrons. The van der Waals surface area contributed by atoms with Crippen molar-refractivity contribution in [2.75, 3.05) is 4.72 Å². The average molecular weight is 552 g/mol. The van der Waals surface area contributed by atoms with E-state index in [0.717, 1.165) is 35.0 Å². The molecule has 0 aromatic heterocycles. The van der Waals surface area contributed by atoms with Crippen LogP contribution in [0.3, 0.4) is 0 Å². The molecule has 0 radical (unpaired) electrons. The van der Waals surface area contributed by atoms with Crippen molar-refractivity contribution in [3.8, 4) is 5.75 Å². The number of anilines is 1. The molecule has 4 rings (SSSR count). The fraction of sp³-hybridized carbons (Fsp3) is 0.0833. The maximum atomic E-state index is 13.0. The molecule has 0 unspecified atom stereocenters. The van der Waals surface area contributed by atoms with Gasteiger partial charge in [-0.15, -0.1) is 0 Å². The van der Waals surface area contributed by atoms with E-state index >= 15 is 0 Å². The lowest BCUT2D eigenvalue weighted by Gasteiger charge is -2.10. The lowest BCUT2D eigenvalue weighted by molar-refractivity contribution is -0.115. The number of benzene rings is 3. The van der Waals surface area contributed by atoms with Gasteiger partial charge in [-0.1, -0.05) is 24.3 Å². The monoisotopic (exact) mass is 551 g/mol. The van der Waals surface area contributed by atoms with E-state index in [4.69, 9.17) is 4.74 Å². The van der Waals surface area contributed by atoms with Crippen LogP contribution >= 0.6 is 11.8 Å². The van der Waals surface area contributed by atoms with Crippen LogP contribution in [-0.4, -0.2) is 25.0 Å². The van der Waals surface area contributed by atoms with Crippen molar-refractivity contribution in [1.29, 1.82) is 0 Å². The van der Waals surface area contributed by atoms with Gasteiger partial charge in [0.25, 0.3) is 5.91 Å². The highest BCUT2D eigenvalue weighted by Crippen LogP contribution is 2.30. The van der Waals surface area contributed by atoms with Gasteiger partial charge in [0.1, 0.15) is 18.2 Å². The minimum absolute atomic E-state index is 0.249. The van der Waals surface area contributed by atoms with Gasteiger partial charge in [0.15, 0.2) is 5.17 Å². The van der Waals surface area contributed by atoms with Crippen molar-refractivity contribution < 1.29 is 35.5 Å². The second-order valence-electron chi connectivity index (χ2n) is 7.56. The first-order valence-corrected chi connectivity index (χ1v) is 12.7. The third-order valence-electron chi connectivity index (χ3n) is 4.80. The van der Waals surface area contributed by atoms with Gasteiger partial charge < -0.3 is 10.1 Å². The molecule has 3 aromatic carbocycles. The fourth-order valence-electron chi connectivity index (χ4n) is 2.97. The number of aliphatic imine (C=N–C) groups is 1. The normalized spacial score (nSPS) is 16.2. The van der Waals surface area contributed by atoms with Crippen LogP contribution in [-0.2, 0) is 21.4 Å². The van der Waals surface area contributed by atoms with Crippen LogP contribution in [0.25, 0.3) is 6.08 Å². The number of carbonyl (C=O) groups excluding carboxylic acids is 1. The number of ether oxygens (including phenoxy) is 1. The first kappa shape index (κ1) is 26.2. The Kier molecular flexibility index (Phi) is 7.55. The molecule has 1 heterocycles. The number of hydrogen-bond acceptors (Lipinski definition) is 6. The molecule has 0 saturated carbocycles. The number of nitrogens with zero attached hydrogens (tertiary/aromatic N) is 1. The summed E-state index contributed by atoms with van der Waals surface area (Å²) in [6.07, 6.45) is 1.65. The van der Waals surface area contributed by atoms with Gasteiger partial charge in [0.05, 0.1) is 10.6 Å². The Morgan fingerprint density at radius 1 is 0.973 bits per heavy atom. The van der Waals surface area contributed by atoms with Crippen LogP contribution in [0.1, 0.15) is 11.1 Å². The molecule has 0 atom stereocenters. The predicted molar refractivity (Wildman–Crippen MR) is 133 cm³/mol. The molecule has 37 heavy (non-hydrogen) atoms. The summed E-state index contributed by atoms with van der Waals surface area (Å²) in [5.41, 5.74) is -3.88. The van der Waals surface area contributed by atoms with Crippen molar-refractivity contribution in [3.05, 3.63) is 94.6 Å². The van der Waals surface area contributed by atoms with E-state index in [9.17, 15) is 30.8 Å². The highest BCUT2D eigenvalue weighted by atomic mass is 32.2. The Bertz CT molecular complexity index is 1450. The number of alkyl halides is 3. The molecule has 1 saturated heterocycles. The average Bonchev–Trinajstić information content (AvgIpc) is 3.18. The Labute approximate surface area is 213 Å². The maximum Gasteiger partial charge on any atom is 0.516 e. The summed E-state index contributed by atoms with van der Waals surface area (Å²) in [4.78, 5) is 16.9. The third kappa shape index (κ3) is 6.89. The van der Waals surface area contributed by atoms with Gasteiger partial charge in [0, 0.05) is 5.69 Å². The number of hydrogen-bond donors (Lipinski definition) is 2. The smallest absolute Gasteiger partial charge is 0.489 e. The van der Waals surface area contributed by atoms with Crippen LogP contribution in [0.4, 0.5) is 28.9 Å². The highest BCUT2D eigenvalue weighted by Gasteiger charge is 2.46. The van der Waals surface area contributed by atoms with Gasteiger partial charge in [-0.05, 0) is 77.5 Å². The van der Waals surface area contributed by atoms with E-state index in [1.165, 1.54) is 29.0 Å². The second-order valence-corrected chi connectivity index (χ2v) is 10.3. The first-order chi connectivity index (χ1) is 17.5. The van der Waals surface area contributed by atoms with E-state index in [-0.39, 0.29) is 29.2 Å². The van der Waals surface area contributed by atoms with E-state index in [1.807, 2.05) is 0 Å². The lowest BCUT2D eigenvalue weighted by atomic mass is 10.2. The number of thioether (sulfide) groups is 1. The lowest BCUT2D eigenvalue weighted by Crippen LogP contribution is -2.29. The number of sulfonamides is 1. The number of amides is 1. The minimum Gasteiger partial charge on any atom is -0.489 e. The SMILES string of the molecule is O=C1NC(=Nc2ccc(NS(=O)(=O)C(F)(F)F)cc2)SC1=Cc1ccc(OCc2ccc(F)cc2)cc1. The van der Waals surface area contributed by atoms with Crippen LogP contribution in [0.5, 0.6) is 5.75 Å². The van der Waals surface area contributed by atoms with Crippen LogP contribution in [0.15, 0.2) is 82.7 Å². The molecule has 0 bridgehead atoms. The van der Waals surface area contributed by atoms with E-state index in [1.54, 1.807) is 42.5 Å². The van der Waals surface area contributed by atoms with Gasteiger partial charge in [-0.2, -0.15) is 21.6 Å². The zero-order chi connectivity index (χ0) is 26.6. The summed E-state index contributed by atoms with van der Waals surface area (Å²) in [7, 11) is -5.53. The summed E-state index contributed by atoms with van der Waals surface area (Å²) < 4.78 is 79.9. The summed E-state index contributed by atoms with van der Waals surface area (Å²) in [6.45, 7) is 0.272. The quantitative estimate of drug-likeness (QED) is 0.296. The maximum absolute atomic E-state index is 13.0. The van der Waals surface area contributed by atoms with E-state index in [0.29, 0.717) is 16.3 Å². The Morgan fingerprint density at radius 2 is 1.62 bits per heavy atom. The topological polar surface area (TPSA) is 96.9 Å². The molecule has 3 aromatic rings. The molecular weight excluding hydrogens is 534 g/mol. The van der Waals surface area contributed by atoms with Crippen LogP contribution in [0.2, 0.25) is 0 Å². The fourth-order valence-corrected chi connectivity index (χ4v) is 4.38. The number of nitrogens with one attached hydrogen (secondary N) is 2. The standard InChI is InChI=1S/C24H17F4N3O4S2/c25-17-5-1-16(2-6-17)14-35-20-11-3-15(4-12-20)13-21-22(32)30-23(36-21)29-18-7-9-19(10-8-18)31-37(33,34)24(26,27)28/h1-13,31H,14H2,(H,29,30,32). The van der Waals surface area contributed by atoms with Gasteiger partial charge >= 0.3 is 15.5 Å². The van der Waals surface area contributed by atoms with Crippen molar-refractivity contribution in [1.82, 2.24) is 5.32 Å². The molecule has 1 fully saturated rings. The Hall–Kier alpha value is -3.84. The molecule has 1 aliphatic rings. The summed E-state index contributed by atoms with van der Waals surface area (Å²) >= 11 is 1.07. The summed E-state index contributed by atoms with van der Waals surface area (Å²) in [6, 6.07) is 17.8. The van der Waals surface area contributed by atoms with Crippen molar-refractivity contribution >= 4 is 50.3 Å². The zero-order valence-electron chi connectivity index (χ0n) is 18.6. The zero-order valence-corrected chi connectivity index (χ0v) is 20.3. The van der Waals surface area contributed by atoms with Crippen LogP contribution < -0.4 is 14.8 Å². The number of rotatable bonds is 7. The number of halogens is 4. The van der Waals surface area contributed by atoms with Crippen molar-refractivity contribution in [3.63, 3.8) is 0 Å². The van der Waals surface area contributed by atoms with Crippen LogP contribution in [0, 0.1) is 5.82 Å². The van der Waals surface area contributed by atoms with E-state index in [2.05, 4.69) is 10.3 Å². The third-order valence-corrected chi connectivity index (χ3v) is 6.83. The highest BCUT2D eigenvalue weighted by molar-refractivity contribution is 8.18. The minimum atomic E-state index is -5.53. The van der Waals surface area contributed by atoms with Gasteiger partial charge in [-0.25, -0.2) is 9.38 Å². The Morgan fingerprint density at radius 3 is 2.24 bits per heavy atom. The molecule has 0 aliphatic carbocycles. The number of carbonyl (C=O) groups is 1. The second kappa shape index (κ2) is 10.6. The summed E-state index contributed by atoms with van der Waals surface area (Å²) in [5.74, 6) is -0.107. The number of amidine groups is 1. The van der Waals surface area contributed by atoms with Crippen molar-refractivity contribution in [2.45, 2.75) is 12.1 Å². The first-order valence-electron chi connectivity index (χ1n) is 10.4. The summed E-state index contributed by atoms with van der Waals surface area (Å²) in [5, 5.41) is 2.84. The molecule has 2 N–H and O–H groups in total. The molecule has 1 aliphatic heterocycles. The molecule has 0 spiro atoms. The largest absolute Gasteiger partial charge is 0.516 e.